The van der Waals surface area contributed by atoms with Crippen molar-refractivity contribution in [1.82, 2.24) is 10.2 Å². The summed E-state index contributed by atoms with van der Waals surface area (Å²) in [4.78, 5) is 14.2. The second-order valence-electron chi connectivity index (χ2n) is 4.23. The maximum Gasteiger partial charge on any atom is 0.255 e. The Bertz CT molecular complexity index is 442. The molecule has 0 unspecified atom stereocenters. The summed E-state index contributed by atoms with van der Waals surface area (Å²) in [6.07, 6.45) is 0. The summed E-state index contributed by atoms with van der Waals surface area (Å²) in [6.45, 7) is 4.49. The van der Waals surface area contributed by atoms with Gasteiger partial charge in [-0.2, -0.15) is 0 Å². The molecule has 1 aliphatic heterocycles. The molecule has 2 rings (SSSR count). The van der Waals surface area contributed by atoms with E-state index in [1.165, 1.54) is 0 Å². The van der Waals surface area contributed by atoms with E-state index in [0.717, 1.165) is 34.1 Å². The van der Waals surface area contributed by atoms with Gasteiger partial charge in [-0.3, -0.25) is 4.79 Å². The van der Waals surface area contributed by atoms with Gasteiger partial charge in [0, 0.05) is 34.6 Å². The zero-order valence-corrected chi connectivity index (χ0v) is 13.9. The monoisotopic (exact) mass is 396 g/mol. The number of nitrogens with zero attached hydrogens (tertiary/aromatic N) is 1. The van der Waals surface area contributed by atoms with E-state index >= 15 is 0 Å². The average Bonchev–Trinajstić information content (AvgIpc) is 2.28. The second kappa shape index (κ2) is 6.89. The molecule has 18 heavy (non-hydrogen) atoms. The van der Waals surface area contributed by atoms with Crippen molar-refractivity contribution in [2.75, 3.05) is 19.6 Å². The fraction of sp³-hybridized carbons (Fsp3) is 0.417. The molecule has 1 aliphatic rings. The minimum atomic E-state index is 0. The predicted molar refractivity (Wildman–Crippen MR) is 82.5 cm³/mol. The van der Waals surface area contributed by atoms with Crippen molar-refractivity contribution in [3.05, 3.63) is 32.7 Å². The van der Waals surface area contributed by atoms with Crippen molar-refractivity contribution in [3.8, 4) is 0 Å². The molecule has 0 aromatic heterocycles. The first-order valence-electron chi connectivity index (χ1n) is 5.55. The van der Waals surface area contributed by atoms with Crippen LogP contribution in [0.25, 0.3) is 0 Å². The van der Waals surface area contributed by atoms with Gasteiger partial charge in [0.25, 0.3) is 5.91 Å². The van der Waals surface area contributed by atoms with Gasteiger partial charge in [-0.1, -0.05) is 15.9 Å². The molecule has 6 heteroatoms. The molecule has 0 radical (unpaired) electrons. The number of carbonyl (C=O) groups excluding carboxylic acids is 1. The van der Waals surface area contributed by atoms with Gasteiger partial charge in [0.15, 0.2) is 0 Å². The van der Waals surface area contributed by atoms with Crippen LogP contribution in [-0.4, -0.2) is 36.5 Å². The van der Waals surface area contributed by atoms with Crippen molar-refractivity contribution < 1.29 is 4.79 Å². The van der Waals surface area contributed by atoms with Gasteiger partial charge in [-0.15, -0.1) is 12.4 Å². The van der Waals surface area contributed by atoms with E-state index in [-0.39, 0.29) is 18.3 Å². The van der Waals surface area contributed by atoms with Crippen molar-refractivity contribution in [2.24, 2.45) is 0 Å². The zero-order chi connectivity index (χ0) is 12.4. The highest BCUT2D eigenvalue weighted by atomic mass is 79.9. The molecule has 1 saturated heterocycles. The Kier molecular flexibility index (Phi) is 6.11. The van der Waals surface area contributed by atoms with Gasteiger partial charge >= 0.3 is 0 Å². The van der Waals surface area contributed by atoms with Crippen molar-refractivity contribution in [1.29, 1.82) is 0 Å². The molecule has 1 aromatic carbocycles. The van der Waals surface area contributed by atoms with Crippen LogP contribution < -0.4 is 5.32 Å². The average molecular weight is 399 g/mol. The van der Waals surface area contributed by atoms with Gasteiger partial charge in [0.2, 0.25) is 0 Å². The minimum absolute atomic E-state index is 0. The van der Waals surface area contributed by atoms with E-state index in [0.29, 0.717) is 6.04 Å². The fourth-order valence-corrected chi connectivity index (χ4v) is 3.17. The molecule has 0 aliphatic carbocycles. The van der Waals surface area contributed by atoms with Gasteiger partial charge < -0.3 is 10.2 Å². The largest absolute Gasteiger partial charge is 0.336 e. The summed E-state index contributed by atoms with van der Waals surface area (Å²) in [5.74, 6) is 0.0951. The Balaban J connectivity index is 0.00000162. The smallest absolute Gasteiger partial charge is 0.255 e. The summed E-state index contributed by atoms with van der Waals surface area (Å²) in [7, 11) is 0. The Morgan fingerprint density at radius 2 is 2.17 bits per heavy atom. The van der Waals surface area contributed by atoms with E-state index in [2.05, 4.69) is 44.1 Å². The van der Waals surface area contributed by atoms with Crippen LogP contribution in [0.2, 0.25) is 0 Å². The number of piperazine rings is 1. The maximum absolute atomic E-state index is 12.3. The molecule has 0 saturated carbocycles. The molecule has 0 bridgehead atoms. The molecular weight excluding hydrogens is 383 g/mol. The van der Waals surface area contributed by atoms with Crippen molar-refractivity contribution >= 4 is 50.2 Å². The summed E-state index contributed by atoms with van der Waals surface area (Å²) in [5, 5.41) is 3.33. The molecule has 3 nitrogen and oxygen atoms in total. The van der Waals surface area contributed by atoms with Crippen LogP contribution in [-0.2, 0) is 0 Å². The predicted octanol–water partition coefficient (Wildman–Crippen LogP) is 3.07. The van der Waals surface area contributed by atoms with Gasteiger partial charge in [-0.25, -0.2) is 0 Å². The quantitative estimate of drug-likeness (QED) is 0.789. The van der Waals surface area contributed by atoms with E-state index in [1.807, 2.05) is 23.1 Å². The lowest BCUT2D eigenvalue weighted by Crippen LogP contribution is -2.51. The molecule has 1 atom stereocenters. The van der Waals surface area contributed by atoms with E-state index in [1.54, 1.807) is 0 Å². The number of hydrogen-bond acceptors (Lipinski definition) is 2. The van der Waals surface area contributed by atoms with E-state index < -0.39 is 0 Å². The number of carbonyl (C=O) groups is 1. The summed E-state index contributed by atoms with van der Waals surface area (Å²) >= 11 is 6.82. The topological polar surface area (TPSA) is 32.3 Å². The van der Waals surface area contributed by atoms with Crippen LogP contribution in [0.4, 0.5) is 0 Å². The summed E-state index contributed by atoms with van der Waals surface area (Å²) in [6, 6.07) is 6.01. The van der Waals surface area contributed by atoms with Crippen LogP contribution in [0.15, 0.2) is 27.1 Å². The van der Waals surface area contributed by atoms with Gasteiger partial charge in [-0.05, 0) is 41.1 Å². The Hall–Kier alpha value is -0.100. The second-order valence-corrected chi connectivity index (χ2v) is 6.00. The van der Waals surface area contributed by atoms with Crippen molar-refractivity contribution in [2.45, 2.75) is 13.0 Å². The molecule has 1 fully saturated rings. The third-order valence-electron chi connectivity index (χ3n) is 2.82. The molecule has 1 heterocycles. The highest BCUT2D eigenvalue weighted by Crippen LogP contribution is 2.23. The fourth-order valence-electron chi connectivity index (χ4n) is 1.95. The number of halogens is 3. The van der Waals surface area contributed by atoms with Crippen LogP contribution in [0.5, 0.6) is 0 Å². The molecule has 100 valence electrons. The highest BCUT2D eigenvalue weighted by Gasteiger charge is 2.22. The molecule has 1 N–H and O–H groups in total. The Labute approximate surface area is 130 Å². The summed E-state index contributed by atoms with van der Waals surface area (Å²) < 4.78 is 1.80. The van der Waals surface area contributed by atoms with Crippen LogP contribution in [0.1, 0.15) is 17.3 Å². The highest BCUT2D eigenvalue weighted by molar-refractivity contribution is 9.11. The third kappa shape index (κ3) is 3.70. The SMILES string of the molecule is C[C@@H]1CN(C(=O)c2ccc(Br)cc2Br)CCN1.Cl. The molecule has 0 spiro atoms. The number of hydrogen-bond donors (Lipinski definition) is 1. The Morgan fingerprint density at radius 1 is 1.44 bits per heavy atom. The van der Waals surface area contributed by atoms with Crippen LogP contribution in [0.3, 0.4) is 0 Å². The number of amides is 1. The van der Waals surface area contributed by atoms with Crippen LogP contribution >= 0.6 is 44.3 Å². The third-order valence-corrected chi connectivity index (χ3v) is 3.97. The van der Waals surface area contributed by atoms with Gasteiger partial charge in [0.1, 0.15) is 0 Å². The normalized spacial score (nSPS) is 19.3. The number of benzene rings is 1. The lowest BCUT2D eigenvalue weighted by Gasteiger charge is -2.32. The lowest BCUT2D eigenvalue weighted by molar-refractivity contribution is 0.0708. The van der Waals surface area contributed by atoms with Gasteiger partial charge in [0.05, 0.1) is 5.56 Å². The van der Waals surface area contributed by atoms with Crippen LogP contribution in [0, 0.1) is 0 Å². The molecule has 1 aromatic rings. The Morgan fingerprint density at radius 3 is 2.78 bits per heavy atom. The van der Waals surface area contributed by atoms with E-state index in [4.69, 9.17) is 0 Å². The standard InChI is InChI=1S/C12H14Br2N2O.ClH/c1-8-7-16(5-4-15-8)12(17)10-3-2-9(13)6-11(10)14;/h2-3,6,8,15H,4-5,7H2,1H3;1H/t8-;/m1./s1. The zero-order valence-electron chi connectivity index (χ0n) is 9.95. The number of rotatable bonds is 1. The van der Waals surface area contributed by atoms with Crippen molar-refractivity contribution in [3.63, 3.8) is 0 Å². The summed E-state index contributed by atoms with van der Waals surface area (Å²) in [5.41, 5.74) is 0.724. The first kappa shape index (κ1) is 16.0. The molecular formula is C12H15Br2ClN2O. The lowest BCUT2D eigenvalue weighted by atomic mass is 10.1. The van der Waals surface area contributed by atoms with E-state index in [9.17, 15) is 4.79 Å². The first-order chi connectivity index (χ1) is 8.08. The maximum atomic E-state index is 12.3. The first-order valence-corrected chi connectivity index (χ1v) is 7.14. The number of nitrogens with one attached hydrogen (secondary N) is 1. The molecule has 1 amide bonds. The minimum Gasteiger partial charge on any atom is -0.336 e.